The van der Waals surface area contributed by atoms with E-state index in [-0.39, 0.29) is 11.6 Å². The van der Waals surface area contributed by atoms with Crippen LogP contribution in [0.15, 0.2) is 17.1 Å². The molecule has 0 fully saturated rings. The second-order valence-electron chi connectivity index (χ2n) is 2.47. The second kappa shape index (κ2) is 4.71. The molecule has 1 aliphatic heterocycles. The smallest absolute Gasteiger partial charge is 0.320 e. The average Bonchev–Trinajstić information content (AvgIpc) is 2.18. The molecule has 0 aromatic heterocycles. The van der Waals surface area contributed by atoms with Gasteiger partial charge in [0.15, 0.2) is 4.99 Å². The number of aliphatic imine (C=N–C) groups is 1. The molecule has 1 rings (SSSR count). The third kappa shape index (κ3) is 2.29. The van der Waals surface area contributed by atoms with E-state index >= 15 is 0 Å². The molecule has 0 saturated carbocycles. The summed E-state index contributed by atoms with van der Waals surface area (Å²) in [6.45, 7) is 1.87. The van der Waals surface area contributed by atoms with Crippen molar-refractivity contribution < 1.29 is 17.9 Å². The van der Waals surface area contributed by atoms with Crippen LogP contribution in [-0.4, -0.2) is 32.2 Å². The van der Waals surface area contributed by atoms with Gasteiger partial charge in [-0.05, 0) is 13.0 Å². The van der Waals surface area contributed by atoms with Gasteiger partial charge in [0.1, 0.15) is 5.92 Å². The number of dihydropyridines is 1. The summed E-state index contributed by atoms with van der Waals surface area (Å²) < 4.78 is 26.1. The molecule has 1 heterocycles. The number of rotatable bonds is 2. The lowest BCUT2D eigenvalue weighted by Crippen LogP contribution is -2.25. The van der Waals surface area contributed by atoms with Crippen molar-refractivity contribution in [1.29, 1.82) is 0 Å². The summed E-state index contributed by atoms with van der Waals surface area (Å²) in [6, 6.07) is 0. The molecule has 1 unspecified atom stereocenters. The number of nitrogens with zero attached hydrogens (tertiary/aromatic N) is 1. The summed E-state index contributed by atoms with van der Waals surface area (Å²) in [4.78, 5) is 14.7. The molecular weight excluding hydrogens is 206 g/mol. The Morgan fingerprint density at radius 3 is 2.93 bits per heavy atom. The molecule has 6 heteroatoms. The van der Waals surface area contributed by atoms with E-state index in [1.165, 1.54) is 18.4 Å². The lowest BCUT2D eigenvalue weighted by molar-refractivity contribution is -0.144. The van der Waals surface area contributed by atoms with E-state index in [1.54, 1.807) is 6.92 Å². The van der Waals surface area contributed by atoms with E-state index in [9.17, 15) is 13.2 Å². The van der Waals surface area contributed by atoms with Gasteiger partial charge >= 0.3 is 5.97 Å². The fourth-order valence-electron chi connectivity index (χ4n) is 0.998. The lowest BCUT2D eigenvalue weighted by Gasteiger charge is -2.10. The monoisotopic (exact) mass is 215 g/mol. The predicted molar refractivity (Wildman–Crippen MR) is 51.7 cm³/mol. The van der Waals surface area contributed by atoms with Crippen molar-refractivity contribution in [2.75, 3.05) is 6.61 Å². The van der Waals surface area contributed by atoms with Crippen molar-refractivity contribution in [2.24, 2.45) is 10.9 Å². The van der Waals surface area contributed by atoms with Gasteiger partial charge in [-0.1, -0.05) is 6.08 Å². The van der Waals surface area contributed by atoms with E-state index in [2.05, 4.69) is 4.99 Å². The number of carbonyl (C=O) groups is 1. The molecule has 0 N–H and O–H groups in total. The quantitative estimate of drug-likeness (QED) is 0.473. The molecule has 0 aromatic carbocycles. The standard InChI is InChI=1S/C8H9NO4S/c1-2-13-8(10)6-4-3-5-9-7(6)14(11)12/h3-6H,2H2,1H3. The SMILES string of the molecule is CCOC(=O)C1C=CC=NC1=S(=O)=O. The van der Waals surface area contributed by atoms with Crippen LogP contribution in [0.1, 0.15) is 6.92 Å². The van der Waals surface area contributed by atoms with Crippen molar-refractivity contribution in [2.45, 2.75) is 6.92 Å². The Bertz CT molecular complexity index is 411. The fraction of sp³-hybridized carbons (Fsp3) is 0.375. The minimum atomic E-state index is -2.49. The summed E-state index contributed by atoms with van der Waals surface area (Å²) in [5.74, 6) is -1.50. The minimum Gasteiger partial charge on any atom is -0.465 e. The maximum Gasteiger partial charge on any atom is 0.320 e. The van der Waals surface area contributed by atoms with Gasteiger partial charge in [0.2, 0.25) is 10.3 Å². The van der Waals surface area contributed by atoms with E-state index < -0.39 is 22.2 Å². The first-order valence-corrected chi connectivity index (χ1v) is 5.08. The number of carbonyl (C=O) groups excluding carboxylic acids is 1. The molecule has 0 radical (unpaired) electrons. The van der Waals surface area contributed by atoms with Crippen LogP contribution in [0.25, 0.3) is 0 Å². The van der Waals surface area contributed by atoms with Crippen molar-refractivity contribution >= 4 is 27.5 Å². The highest BCUT2D eigenvalue weighted by Crippen LogP contribution is 2.08. The molecule has 0 aliphatic carbocycles. The van der Waals surface area contributed by atoms with Crippen LogP contribution in [0, 0.1) is 5.92 Å². The van der Waals surface area contributed by atoms with Crippen molar-refractivity contribution in [3.8, 4) is 0 Å². The number of allylic oxidation sites excluding steroid dienone is 1. The maximum atomic E-state index is 11.3. The maximum absolute atomic E-state index is 11.3. The van der Waals surface area contributed by atoms with E-state index in [4.69, 9.17) is 4.74 Å². The lowest BCUT2D eigenvalue weighted by atomic mass is 10.1. The largest absolute Gasteiger partial charge is 0.465 e. The third-order valence-electron chi connectivity index (χ3n) is 1.57. The van der Waals surface area contributed by atoms with Crippen LogP contribution in [-0.2, 0) is 19.8 Å². The number of hydrogen-bond acceptors (Lipinski definition) is 4. The Hall–Kier alpha value is -1.43. The normalized spacial score (nSPS) is 19.5. The number of hydrogen-bond donors (Lipinski definition) is 0. The molecular formula is C8H9NO4S. The molecule has 1 atom stereocenters. The van der Waals surface area contributed by atoms with Gasteiger partial charge in [-0.15, -0.1) is 0 Å². The molecule has 1 aliphatic rings. The third-order valence-corrected chi connectivity index (χ3v) is 2.27. The summed E-state index contributed by atoms with van der Waals surface area (Å²) in [5.41, 5.74) is 0. The van der Waals surface area contributed by atoms with Crippen LogP contribution in [0.3, 0.4) is 0 Å². The van der Waals surface area contributed by atoms with Crippen LogP contribution in [0.2, 0.25) is 0 Å². The molecule has 0 saturated heterocycles. The predicted octanol–water partition coefficient (Wildman–Crippen LogP) is -0.185. The van der Waals surface area contributed by atoms with Gasteiger partial charge < -0.3 is 4.74 Å². The summed E-state index contributed by atoms with van der Waals surface area (Å²) in [5, 5.41) is 0. The molecule has 0 amide bonds. The van der Waals surface area contributed by atoms with Crippen molar-refractivity contribution in [3.63, 3.8) is 0 Å². The molecule has 76 valence electrons. The molecule has 0 spiro atoms. The number of ether oxygens (including phenoxy) is 1. The van der Waals surface area contributed by atoms with Gasteiger partial charge in [-0.3, -0.25) is 4.79 Å². The van der Waals surface area contributed by atoms with E-state index in [1.807, 2.05) is 0 Å². The Labute approximate surface area is 82.6 Å². The van der Waals surface area contributed by atoms with Crippen molar-refractivity contribution in [3.05, 3.63) is 12.2 Å². The molecule has 0 bridgehead atoms. The second-order valence-corrected chi connectivity index (χ2v) is 3.35. The zero-order valence-corrected chi connectivity index (χ0v) is 8.32. The van der Waals surface area contributed by atoms with Gasteiger partial charge in [0.25, 0.3) is 0 Å². The van der Waals surface area contributed by atoms with Gasteiger partial charge in [-0.2, -0.15) is 8.42 Å². The first-order chi connectivity index (χ1) is 6.66. The van der Waals surface area contributed by atoms with Crippen LogP contribution in [0.5, 0.6) is 0 Å². The highest BCUT2D eigenvalue weighted by Gasteiger charge is 2.25. The first kappa shape index (κ1) is 10.6. The Kier molecular flexibility index (Phi) is 3.58. The summed E-state index contributed by atoms with van der Waals surface area (Å²) >= 11 is 0. The summed E-state index contributed by atoms with van der Waals surface area (Å²) in [6.07, 6.45) is 4.27. The summed E-state index contributed by atoms with van der Waals surface area (Å²) in [7, 11) is -2.49. The topological polar surface area (TPSA) is 72.8 Å². The number of esters is 1. The Morgan fingerprint density at radius 1 is 1.64 bits per heavy atom. The van der Waals surface area contributed by atoms with E-state index in [0.717, 1.165) is 0 Å². The Morgan fingerprint density at radius 2 is 2.36 bits per heavy atom. The first-order valence-electron chi connectivity index (χ1n) is 4.00. The van der Waals surface area contributed by atoms with E-state index in [0.29, 0.717) is 0 Å². The van der Waals surface area contributed by atoms with Gasteiger partial charge in [0, 0.05) is 6.21 Å². The van der Waals surface area contributed by atoms with Crippen molar-refractivity contribution in [1.82, 2.24) is 0 Å². The highest BCUT2D eigenvalue weighted by atomic mass is 32.2. The van der Waals surface area contributed by atoms with Crippen LogP contribution < -0.4 is 0 Å². The average molecular weight is 215 g/mol. The fourth-order valence-corrected chi connectivity index (χ4v) is 1.53. The molecule has 5 nitrogen and oxygen atoms in total. The van der Waals surface area contributed by atoms with Gasteiger partial charge in [0.05, 0.1) is 6.61 Å². The molecule has 14 heavy (non-hydrogen) atoms. The van der Waals surface area contributed by atoms with Crippen LogP contribution in [0.4, 0.5) is 0 Å². The Balaban J connectivity index is 2.99. The minimum absolute atomic E-state index is 0.203. The van der Waals surface area contributed by atoms with Crippen LogP contribution >= 0.6 is 0 Å². The zero-order chi connectivity index (χ0) is 10.6. The van der Waals surface area contributed by atoms with Gasteiger partial charge in [-0.25, -0.2) is 4.99 Å². The highest BCUT2D eigenvalue weighted by molar-refractivity contribution is 7.73. The zero-order valence-electron chi connectivity index (χ0n) is 7.50. The molecule has 0 aromatic rings.